The van der Waals surface area contributed by atoms with Gasteiger partial charge < -0.3 is 50.7 Å². The fourth-order valence-electron chi connectivity index (χ4n) is 5.97. The third kappa shape index (κ3) is 15.0. The molecule has 2 unspecified atom stereocenters. The van der Waals surface area contributed by atoms with Crippen molar-refractivity contribution in [2.75, 3.05) is 25.4 Å². The van der Waals surface area contributed by atoms with Crippen LogP contribution >= 0.6 is 35.2 Å². The average molecular weight is 863 g/mol. The largest absolute Gasteiger partial charge is 0.490 e. The highest BCUT2D eigenvalue weighted by atomic mass is 32.2. The molecule has 3 aliphatic heterocycles. The number of rotatable bonds is 22. The van der Waals surface area contributed by atoms with Gasteiger partial charge in [0.05, 0.1) is 30.4 Å². The summed E-state index contributed by atoms with van der Waals surface area (Å²) < 4.78 is 52.4. The van der Waals surface area contributed by atoms with Crippen molar-refractivity contribution in [3.8, 4) is 0 Å². The number of fused-ring (bicyclic) bond motifs is 1. The molecule has 0 aromatic carbocycles. The zero-order valence-electron chi connectivity index (χ0n) is 29.2. The van der Waals surface area contributed by atoms with Crippen molar-refractivity contribution < 1.29 is 70.6 Å². The van der Waals surface area contributed by atoms with Gasteiger partial charge in [0.25, 0.3) is 5.56 Å². The van der Waals surface area contributed by atoms with Gasteiger partial charge in [-0.25, -0.2) is 23.3 Å². The first-order valence-corrected chi connectivity index (χ1v) is 22.7. The minimum Gasteiger partial charge on any atom is -0.390 e. The number of thioether (sulfide) groups is 1. The molecule has 0 bridgehead atoms. The number of nitrogens with zero attached hydrogens (tertiary/aromatic N) is 1. The molecule has 55 heavy (non-hydrogen) atoms. The van der Waals surface area contributed by atoms with Gasteiger partial charge >= 0.3 is 35.2 Å². The molecule has 23 nitrogen and oxygen atoms in total. The molecule has 4 amide bonds. The second-order valence-corrected chi connectivity index (χ2v) is 18.5. The molecule has 1 aromatic heterocycles. The monoisotopic (exact) mass is 862 g/mol. The number of carbonyl (C=O) groups is 3. The number of H-pyrrole nitrogens is 1. The molecule has 0 radical (unpaired) electrons. The zero-order chi connectivity index (χ0) is 40.4. The number of phosphoric acid groups is 3. The number of urea groups is 1. The molecule has 4 heterocycles. The van der Waals surface area contributed by atoms with Gasteiger partial charge in [-0.15, -0.1) is 0 Å². The number of hydrogen-bond acceptors (Lipinski definition) is 14. The van der Waals surface area contributed by atoms with Crippen molar-refractivity contribution in [1.82, 2.24) is 30.8 Å². The van der Waals surface area contributed by atoms with E-state index in [0.29, 0.717) is 31.1 Å². The first-order chi connectivity index (χ1) is 25.8. The molecule has 3 saturated heterocycles. The van der Waals surface area contributed by atoms with Gasteiger partial charge in [-0.2, -0.15) is 20.4 Å². The van der Waals surface area contributed by atoms with Crippen LogP contribution in [0.3, 0.4) is 0 Å². The second-order valence-electron chi connectivity index (χ2n) is 12.8. The summed E-state index contributed by atoms with van der Waals surface area (Å²) in [6.07, 6.45) is 4.94. The van der Waals surface area contributed by atoms with Crippen LogP contribution in [0.2, 0.25) is 0 Å². The molecule has 0 aliphatic carbocycles. The standard InChI is InChI=1S/C28H45N6O17P3S/c35-19-13-24(49-20(19)15-48-53(44,45)51-54(46,47)50-52(41,42)43)34-14-17(26(38)33-28(34)40)7-6-12-30-22(36)9-2-1-5-11-29-23(37)10-4-3-8-21-25-18(16-55-21)31-27(39)32-25/h6-7,14,18-21,24-25,35H,1-5,8-13,15-16H2,(H,29,37)(H,30,36)(H,44,45)(H,46,47)(H2,31,32,39)(H,33,38,40)(H2,41,42,43)/b7-6+/t18-,19-,20+,21-,24+,25-/m0/s1. The molecule has 8 atom stereocenters. The van der Waals surface area contributed by atoms with Crippen LogP contribution in [-0.4, -0.2) is 107 Å². The van der Waals surface area contributed by atoms with E-state index in [1.54, 1.807) is 0 Å². The number of amides is 4. The SMILES string of the molecule is O=C(CCCCCNC(=O)CCCC[C@@H]1SC[C@@H]2NC(=O)N[C@@H]21)NC/C=C/c1cn([C@H]2C[C@H](O)[C@@H](COP(=O)(O)OP(=O)(O)OP(=O)(O)O)O2)c(=O)[nH]c1=O. The number of aliphatic hydroxyl groups is 1. The van der Waals surface area contributed by atoms with Gasteiger partial charge in [-0.1, -0.05) is 25.0 Å². The third-order valence-electron chi connectivity index (χ3n) is 8.53. The zero-order valence-corrected chi connectivity index (χ0v) is 32.7. The molecule has 310 valence electrons. The molecule has 10 N–H and O–H groups in total. The van der Waals surface area contributed by atoms with E-state index in [1.807, 2.05) is 11.8 Å². The maximum absolute atomic E-state index is 12.5. The van der Waals surface area contributed by atoms with Crippen molar-refractivity contribution >= 4 is 59.2 Å². The Labute approximate surface area is 317 Å². The summed E-state index contributed by atoms with van der Waals surface area (Å²) >= 11 is 1.85. The van der Waals surface area contributed by atoms with Gasteiger partial charge in [0.1, 0.15) is 12.3 Å². The van der Waals surface area contributed by atoms with Crippen molar-refractivity contribution in [1.29, 1.82) is 0 Å². The lowest BCUT2D eigenvalue weighted by Gasteiger charge is -2.19. The number of phosphoric ester groups is 1. The van der Waals surface area contributed by atoms with Gasteiger partial charge in [-0.3, -0.25) is 28.5 Å². The molecule has 3 aliphatic rings. The van der Waals surface area contributed by atoms with E-state index in [1.165, 1.54) is 12.2 Å². The number of hydrogen-bond donors (Lipinski definition) is 10. The average Bonchev–Trinajstić information content (AvgIpc) is 3.74. The Hall–Kier alpha value is -2.69. The molecule has 0 saturated carbocycles. The lowest BCUT2D eigenvalue weighted by molar-refractivity contribution is -0.122. The Kier molecular flexibility index (Phi) is 16.5. The second kappa shape index (κ2) is 20.1. The maximum Gasteiger partial charge on any atom is 0.490 e. The van der Waals surface area contributed by atoms with Gasteiger partial charge in [0, 0.05) is 49.6 Å². The van der Waals surface area contributed by atoms with E-state index in [2.05, 4.69) is 39.4 Å². The fourth-order valence-corrected chi connectivity index (χ4v) is 10.5. The van der Waals surface area contributed by atoms with Crippen LogP contribution in [0.1, 0.15) is 69.6 Å². The quantitative estimate of drug-likeness (QED) is 0.0418. The van der Waals surface area contributed by atoms with Crippen molar-refractivity contribution in [2.45, 2.75) is 93.6 Å². The number of ether oxygens (including phenoxy) is 1. The first kappa shape index (κ1) is 45.0. The molecular formula is C28H45N6O17P3S. The highest BCUT2D eigenvalue weighted by molar-refractivity contribution is 8.00. The van der Waals surface area contributed by atoms with Crippen LogP contribution in [0.15, 0.2) is 21.9 Å². The number of aliphatic hydroxyl groups excluding tert-OH is 1. The molecular weight excluding hydrogens is 817 g/mol. The van der Waals surface area contributed by atoms with E-state index in [-0.39, 0.29) is 54.9 Å². The van der Waals surface area contributed by atoms with Crippen molar-refractivity contribution in [3.63, 3.8) is 0 Å². The Morgan fingerprint density at radius 2 is 1.67 bits per heavy atom. The highest BCUT2D eigenvalue weighted by Gasteiger charge is 2.44. The van der Waals surface area contributed by atoms with Gasteiger partial charge in [0.15, 0.2) is 0 Å². The molecule has 3 fully saturated rings. The predicted octanol–water partition coefficient (Wildman–Crippen LogP) is 0.0601. The summed E-state index contributed by atoms with van der Waals surface area (Å²) in [4.78, 5) is 99.0. The summed E-state index contributed by atoms with van der Waals surface area (Å²) in [5.74, 6) is 0.653. The van der Waals surface area contributed by atoms with Crippen LogP contribution < -0.4 is 32.5 Å². The minimum absolute atomic E-state index is 0.0169. The summed E-state index contributed by atoms with van der Waals surface area (Å²) in [5, 5.41) is 22.2. The Balaban J connectivity index is 1.10. The normalized spacial score (nSPS) is 25.9. The predicted molar refractivity (Wildman–Crippen MR) is 193 cm³/mol. The summed E-state index contributed by atoms with van der Waals surface area (Å²) in [6.45, 7) is -0.388. The van der Waals surface area contributed by atoms with Crippen LogP contribution in [0.25, 0.3) is 6.08 Å². The van der Waals surface area contributed by atoms with E-state index >= 15 is 0 Å². The number of carbonyl (C=O) groups excluding carboxylic acids is 3. The van der Waals surface area contributed by atoms with Gasteiger partial charge in [0.2, 0.25) is 11.8 Å². The molecule has 27 heteroatoms. The first-order valence-electron chi connectivity index (χ1n) is 17.2. The summed E-state index contributed by atoms with van der Waals surface area (Å²) in [6, 6.07) is 0.235. The van der Waals surface area contributed by atoms with Gasteiger partial charge in [-0.05, 0) is 25.7 Å². The third-order valence-corrected chi connectivity index (χ3v) is 13.8. The lowest BCUT2D eigenvalue weighted by atomic mass is 10.0. The minimum atomic E-state index is -5.76. The van der Waals surface area contributed by atoms with Crippen molar-refractivity contribution in [3.05, 3.63) is 38.7 Å². The van der Waals surface area contributed by atoms with E-state index in [9.17, 15) is 52.6 Å². The number of aromatic nitrogens is 2. The Morgan fingerprint density at radius 1 is 0.964 bits per heavy atom. The van der Waals surface area contributed by atoms with E-state index in [4.69, 9.17) is 14.5 Å². The lowest BCUT2D eigenvalue weighted by Crippen LogP contribution is -2.36. The summed E-state index contributed by atoms with van der Waals surface area (Å²) in [7, 11) is -16.8. The number of nitrogens with one attached hydrogen (secondary N) is 5. The smallest absolute Gasteiger partial charge is 0.390 e. The van der Waals surface area contributed by atoms with E-state index in [0.717, 1.165) is 42.2 Å². The Morgan fingerprint density at radius 3 is 2.40 bits per heavy atom. The van der Waals surface area contributed by atoms with Crippen LogP contribution in [-0.2, 0) is 41.2 Å². The van der Waals surface area contributed by atoms with Crippen LogP contribution in [0, 0.1) is 0 Å². The summed E-state index contributed by atoms with van der Waals surface area (Å²) in [5.41, 5.74) is -1.71. The fraction of sp³-hybridized carbons (Fsp3) is 0.679. The molecule has 0 spiro atoms. The number of unbranched alkanes of at least 4 members (excludes halogenated alkanes) is 3. The van der Waals surface area contributed by atoms with E-state index < -0.39 is 59.8 Å². The maximum atomic E-state index is 12.5. The molecule has 4 rings (SSSR count). The topological polar surface area (TPSA) is 343 Å². The number of aromatic amines is 1. The molecule has 1 aromatic rings. The highest BCUT2D eigenvalue weighted by Crippen LogP contribution is 2.66. The van der Waals surface area contributed by atoms with Crippen LogP contribution in [0.5, 0.6) is 0 Å². The van der Waals surface area contributed by atoms with Crippen LogP contribution in [0.4, 0.5) is 4.79 Å². The van der Waals surface area contributed by atoms with Crippen molar-refractivity contribution in [2.24, 2.45) is 0 Å². The Bertz CT molecular complexity index is 1820.